The second kappa shape index (κ2) is 8.39. The molecule has 0 aromatic carbocycles. The van der Waals surface area contributed by atoms with Crippen molar-refractivity contribution in [3.8, 4) is 0 Å². The zero-order valence-corrected chi connectivity index (χ0v) is 17.1. The highest BCUT2D eigenvalue weighted by Crippen LogP contribution is 2.40. The third-order valence-corrected chi connectivity index (χ3v) is 6.41. The van der Waals surface area contributed by atoms with Crippen molar-refractivity contribution in [1.82, 2.24) is 15.0 Å². The molecule has 0 spiro atoms. The van der Waals surface area contributed by atoms with Gasteiger partial charge < -0.3 is 4.98 Å². The van der Waals surface area contributed by atoms with Gasteiger partial charge in [-0.15, -0.1) is 0 Å². The van der Waals surface area contributed by atoms with E-state index in [1.165, 1.54) is 12.8 Å². The van der Waals surface area contributed by atoms with E-state index in [1.54, 1.807) is 6.20 Å². The highest BCUT2D eigenvalue weighted by atomic mass is 32.1. The number of pyridine rings is 1. The summed E-state index contributed by atoms with van der Waals surface area (Å²) in [6.45, 7) is 2.05. The first-order valence-corrected chi connectivity index (χ1v) is 10.6. The van der Waals surface area contributed by atoms with Gasteiger partial charge in [-0.05, 0) is 86.7 Å². The van der Waals surface area contributed by atoms with Crippen LogP contribution in [0.4, 0.5) is 0 Å². The van der Waals surface area contributed by atoms with Crippen molar-refractivity contribution in [2.75, 3.05) is 0 Å². The van der Waals surface area contributed by atoms with Crippen LogP contribution in [0.15, 0.2) is 47.4 Å². The van der Waals surface area contributed by atoms with Crippen LogP contribution >= 0.6 is 12.2 Å². The maximum atomic E-state index is 12.7. The number of rotatable bonds is 4. The molecule has 2 aromatic heterocycles. The van der Waals surface area contributed by atoms with Crippen LogP contribution in [0.25, 0.3) is 0 Å². The summed E-state index contributed by atoms with van der Waals surface area (Å²) in [5, 5.41) is 0. The van der Waals surface area contributed by atoms with Gasteiger partial charge in [0.15, 0.2) is 4.77 Å². The van der Waals surface area contributed by atoms with E-state index in [1.807, 2.05) is 19.1 Å². The van der Waals surface area contributed by atoms with Crippen molar-refractivity contribution in [1.29, 1.82) is 0 Å². The molecule has 2 N–H and O–H groups in total. The number of allylic oxidation sites excluding steroid dienone is 4. The SMILES string of the molecule is Cc1ccnc(Cc2c(=O)[nH]c(=S)[nH]c2[C@H]2CC[C@H](C3C=CC=CC3)CC2)c1. The number of nitrogens with one attached hydrogen (secondary N) is 2. The Morgan fingerprint density at radius 2 is 2.00 bits per heavy atom. The average molecular weight is 394 g/mol. The van der Waals surface area contributed by atoms with Gasteiger partial charge in [-0.2, -0.15) is 0 Å². The molecule has 4 nitrogen and oxygen atoms in total. The minimum Gasteiger partial charge on any atom is -0.335 e. The summed E-state index contributed by atoms with van der Waals surface area (Å²) in [4.78, 5) is 23.3. The minimum absolute atomic E-state index is 0.0791. The van der Waals surface area contributed by atoms with E-state index >= 15 is 0 Å². The fourth-order valence-electron chi connectivity index (χ4n) is 4.72. The summed E-state index contributed by atoms with van der Waals surface area (Å²) in [6.07, 6.45) is 17.1. The van der Waals surface area contributed by atoms with Crippen LogP contribution in [0.1, 0.15) is 60.5 Å². The lowest BCUT2D eigenvalue weighted by Crippen LogP contribution is -2.25. The summed E-state index contributed by atoms with van der Waals surface area (Å²) >= 11 is 5.28. The first-order chi connectivity index (χ1) is 13.6. The lowest BCUT2D eigenvalue weighted by molar-refractivity contribution is 0.262. The molecule has 2 aromatic rings. The van der Waals surface area contributed by atoms with Gasteiger partial charge >= 0.3 is 0 Å². The third kappa shape index (κ3) is 4.25. The van der Waals surface area contributed by atoms with Gasteiger partial charge in [0.25, 0.3) is 5.56 Å². The number of aromatic nitrogens is 3. The maximum absolute atomic E-state index is 12.7. The Balaban J connectivity index is 1.56. The first-order valence-electron chi connectivity index (χ1n) is 10.2. The molecule has 0 amide bonds. The van der Waals surface area contributed by atoms with Crippen LogP contribution < -0.4 is 5.56 Å². The highest BCUT2D eigenvalue weighted by molar-refractivity contribution is 7.71. The number of H-pyrrole nitrogens is 2. The van der Waals surface area contributed by atoms with E-state index in [4.69, 9.17) is 12.2 Å². The number of aromatic amines is 2. The Hall–Kier alpha value is -2.27. The zero-order valence-electron chi connectivity index (χ0n) is 16.3. The van der Waals surface area contributed by atoms with E-state index in [2.05, 4.69) is 39.3 Å². The maximum Gasteiger partial charge on any atom is 0.255 e. The normalized spacial score (nSPS) is 24.4. The molecule has 2 aliphatic rings. The molecule has 1 atom stereocenters. The van der Waals surface area contributed by atoms with Gasteiger partial charge in [0.05, 0.1) is 0 Å². The van der Waals surface area contributed by atoms with E-state index in [-0.39, 0.29) is 5.56 Å². The van der Waals surface area contributed by atoms with E-state index in [0.717, 1.165) is 47.7 Å². The minimum atomic E-state index is -0.0791. The molecule has 0 bridgehead atoms. The second-order valence-electron chi connectivity index (χ2n) is 8.13. The number of hydrogen-bond acceptors (Lipinski definition) is 3. The van der Waals surface area contributed by atoms with Gasteiger partial charge in [0.2, 0.25) is 0 Å². The van der Waals surface area contributed by atoms with Crippen molar-refractivity contribution in [2.24, 2.45) is 11.8 Å². The van der Waals surface area contributed by atoms with Gasteiger partial charge in [-0.25, -0.2) is 0 Å². The van der Waals surface area contributed by atoms with E-state index in [9.17, 15) is 4.79 Å². The lowest BCUT2D eigenvalue weighted by Gasteiger charge is -2.33. The van der Waals surface area contributed by atoms with Crippen LogP contribution in [-0.2, 0) is 6.42 Å². The number of nitrogens with zero attached hydrogens (tertiary/aromatic N) is 1. The molecular weight excluding hydrogens is 366 g/mol. The smallest absolute Gasteiger partial charge is 0.255 e. The van der Waals surface area contributed by atoms with Crippen LogP contribution in [0.2, 0.25) is 0 Å². The lowest BCUT2D eigenvalue weighted by atomic mass is 9.72. The van der Waals surface area contributed by atoms with Gasteiger partial charge in [-0.3, -0.25) is 14.8 Å². The Labute approximate surface area is 170 Å². The molecule has 2 heterocycles. The summed E-state index contributed by atoms with van der Waals surface area (Å²) < 4.78 is 0.420. The molecule has 0 saturated heterocycles. The first kappa shape index (κ1) is 19.1. The number of aryl methyl sites for hydroxylation is 1. The Bertz CT molecular complexity index is 1010. The molecule has 1 fully saturated rings. The predicted molar refractivity (Wildman–Crippen MR) is 115 cm³/mol. The van der Waals surface area contributed by atoms with Crippen molar-refractivity contribution in [3.63, 3.8) is 0 Å². The molecule has 0 aliphatic heterocycles. The summed E-state index contributed by atoms with van der Waals surface area (Å²) in [7, 11) is 0. The summed E-state index contributed by atoms with van der Waals surface area (Å²) in [5.41, 5.74) is 3.81. The monoisotopic (exact) mass is 393 g/mol. The van der Waals surface area contributed by atoms with Crippen LogP contribution in [0, 0.1) is 23.5 Å². The molecule has 146 valence electrons. The molecule has 1 saturated carbocycles. The van der Waals surface area contributed by atoms with Crippen LogP contribution in [-0.4, -0.2) is 15.0 Å². The van der Waals surface area contributed by atoms with Gasteiger partial charge in [-0.1, -0.05) is 24.3 Å². The van der Waals surface area contributed by atoms with Crippen LogP contribution in [0.3, 0.4) is 0 Å². The van der Waals surface area contributed by atoms with E-state index in [0.29, 0.717) is 23.0 Å². The topological polar surface area (TPSA) is 61.5 Å². The van der Waals surface area contributed by atoms with Gasteiger partial charge in [0.1, 0.15) is 0 Å². The Morgan fingerprint density at radius 3 is 2.71 bits per heavy atom. The fourth-order valence-corrected chi connectivity index (χ4v) is 4.92. The molecule has 2 aliphatic carbocycles. The van der Waals surface area contributed by atoms with Crippen molar-refractivity contribution in [2.45, 2.75) is 51.4 Å². The third-order valence-electron chi connectivity index (χ3n) is 6.20. The standard InChI is InChI=1S/C23H27N3OS/c1-15-11-12-24-19(13-15)14-20-21(25-23(28)26-22(20)27)18-9-7-17(8-10-18)16-5-3-2-4-6-16/h2-5,11-13,16-18H,6-10,14H2,1H3,(H2,25,26,27,28)/t16?,17-,18-. The highest BCUT2D eigenvalue weighted by Gasteiger charge is 2.29. The summed E-state index contributed by atoms with van der Waals surface area (Å²) in [5.74, 6) is 1.77. The molecule has 0 radical (unpaired) electrons. The quantitative estimate of drug-likeness (QED) is 0.708. The molecule has 1 unspecified atom stereocenters. The van der Waals surface area contributed by atoms with Crippen molar-refractivity contribution >= 4 is 12.2 Å². The predicted octanol–water partition coefficient (Wildman–Crippen LogP) is 5.13. The number of hydrogen-bond donors (Lipinski definition) is 2. The Morgan fingerprint density at radius 1 is 1.18 bits per heavy atom. The molecule has 5 heteroatoms. The molecule has 4 rings (SSSR count). The fraction of sp³-hybridized carbons (Fsp3) is 0.435. The Kier molecular flexibility index (Phi) is 5.72. The van der Waals surface area contributed by atoms with Crippen LogP contribution in [0.5, 0.6) is 0 Å². The van der Waals surface area contributed by atoms with E-state index < -0.39 is 0 Å². The molecular formula is C23H27N3OS. The average Bonchev–Trinajstić information content (AvgIpc) is 2.71. The largest absolute Gasteiger partial charge is 0.335 e. The van der Waals surface area contributed by atoms with Gasteiger partial charge in [0, 0.05) is 29.6 Å². The summed E-state index contributed by atoms with van der Waals surface area (Å²) in [6, 6.07) is 4.02. The zero-order chi connectivity index (χ0) is 19.5. The second-order valence-corrected chi connectivity index (χ2v) is 8.53. The van der Waals surface area contributed by atoms with Crippen molar-refractivity contribution in [3.05, 3.63) is 80.3 Å². The molecule has 28 heavy (non-hydrogen) atoms. The van der Waals surface area contributed by atoms with Crippen molar-refractivity contribution < 1.29 is 0 Å².